The third-order valence-corrected chi connectivity index (χ3v) is 3.19. The molecule has 2 N–H and O–H groups in total. The van der Waals surface area contributed by atoms with Crippen molar-refractivity contribution < 1.29 is 21.9 Å². The van der Waals surface area contributed by atoms with Gasteiger partial charge in [0, 0.05) is 45.8 Å². The molecule has 7 heteroatoms. The lowest BCUT2D eigenvalue weighted by Gasteiger charge is -2.34. The van der Waals surface area contributed by atoms with Crippen LogP contribution >= 0.6 is 0 Å². The molecule has 0 saturated carbocycles. The summed E-state index contributed by atoms with van der Waals surface area (Å²) in [5.41, 5.74) is 0.715. The molecule has 7 nitrogen and oxygen atoms in total. The van der Waals surface area contributed by atoms with Gasteiger partial charge in [0.1, 0.15) is 5.82 Å². The first-order valence-corrected chi connectivity index (χ1v) is 6.71. The van der Waals surface area contributed by atoms with E-state index in [-0.39, 0.29) is 20.1 Å². The Hall–Kier alpha value is -2.85. The van der Waals surface area contributed by atoms with Gasteiger partial charge in [-0.2, -0.15) is 5.26 Å². The number of rotatable bonds is 3. The Morgan fingerprint density at radius 3 is 3.08 bits per heavy atom. The molecule has 1 saturated heterocycles. The lowest BCUT2D eigenvalue weighted by molar-refractivity contribution is 0.491. The Balaban J connectivity index is 2.58. The highest BCUT2D eigenvalue weighted by Crippen LogP contribution is 2.19. The highest BCUT2D eigenvalue weighted by Gasteiger charge is 2.22. The maximum absolute atomic E-state index is 13.5. The van der Waals surface area contributed by atoms with Gasteiger partial charge in [-0.25, -0.2) is 4.79 Å². The van der Waals surface area contributed by atoms with Gasteiger partial charge >= 0.3 is 5.69 Å². The molecule has 25 heavy (non-hydrogen) atoms. The number of anilines is 1. The van der Waals surface area contributed by atoms with Gasteiger partial charge < -0.3 is 10.6 Å². The highest BCUT2D eigenvalue weighted by atomic mass is 16.2. The average molecular weight is 355 g/mol. The summed E-state index contributed by atoms with van der Waals surface area (Å²) < 4.78 is 129. The second-order valence-corrected chi connectivity index (χ2v) is 4.73. The van der Waals surface area contributed by atoms with Crippen LogP contribution in [0.2, 0.25) is 0 Å². The second kappa shape index (κ2) is 6.95. The number of nitriles is 1. The molecule has 2 aromatic rings. The predicted octanol–water partition coefficient (Wildman–Crippen LogP) is 0.394. The van der Waals surface area contributed by atoms with Gasteiger partial charge in [-0.3, -0.25) is 13.9 Å². The zero-order valence-corrected chi connectivity index (χ0v) is 12.5. The molecule has 0 bridgehead atoms. The molecule has 1 aliphatic rings. The largest absolute Gasteiger partial charge is 0.356 e. The molecule has 1 aromatic carbocycles. The van der Waals surface area contributed by atoms with Crippen molar-refractivity contribution in [3.8, 4) is 6.07 Å². The number of hydrogen-bond donors (Lipinski definition) is 1. The van der Waals surface area contributed by atoms with Crippen molar-refractivity contribution in [2.45, 2.75) is 25.3 Å². The molecule has 0 unspecified atom stereocenters. The van der Waals surface area contributed by atoms with E-state index in [0.717, 1.165) is 0 Å². The molecule has 1 fully saturated rings. The average Bonchev–Trinajstić information content (AvgIpc) is 2.80. The van der Waals surface area contributed by atoms with E-state index in [1.165, 1.54) is 6.07 Å². The van der Waals surface area contributed by atoms with E-state index in [1.54, 1.807) is 0 Å². The fourth-order valence-corrected chi connectivity index (χ4v) is 2.05. The number of nitrogens with zero attached hydrogens (tertiary/aromatic N) is 4. The standard InChI is InChI=1S/C18H21N5O2/c1-21-17(24)9-16(22-8-4-7-15(20)12-22)23(18(21)25)11-14-6-3-2-5-13(14)10-19/h2-3,5-6,9,15H,4,7-8,11-12,20H2,1H3/t15-/m1/s1/i1D3,2D,3D,4D2,5D,6D,7D2,8D2,12D2,15D. The van der Waals surface area contributed by atoms with E-state index >= 15 is 0 Å². The Morgan fingerprint density at radius 2 is 2.32 bits per heavy atom. The normalized spacial score (nSPS) is 38.2. The SMILES string of the molecule is [2H]c1c([2H])c([2H])c(Cn2c(N3C([2H])([2H])C([2H])([2H])C([2H])([2H])[C@@]([2H])(N)C3([2H])[2H])cc(=O)n(C([2H])([2H])[2H])c2=O)c(C#N)c1[2H]. The molecule has 0 amide bonds. The predicted molar refractivity (Wildman–Crippen MR) is 95.6 cm³/mol. The van der Waals surface area contributed by atoms with Crippen LogP contribution in [0.25, 0.3) is 0 Å². The zero-order valence-electron chi connectivity index (χ0n) is 28.5. The summed E-state index contributed by atoms with van der Waals surface area (Å²) in [6, 6.07) is -5.47. The molecular formula is C18H21N5O2. The summed E-state index contributed by atoms with van der Waals surface area (Å²) >= 11 is 0. The summed E-state index contributed by atoms with van der Waals surface area (Å²) in [5.74, 6) is -1.26. The third kappa shape index (κ3) is 3.35. The fourth-order valence-electron chi connectivity index (χ4n) is 2.05. The van der Waals surface area contributed by atoms with Crippen LogP contribution in [0.15, 0.2) is 39.8 Å². The quantitative estimate of drug-likeness (QED) is 0.859. The van der Waals surface area contributed by atoms with Crippen LogP contribution in [-0.4, -0.2) is 28.1 Å². The van der Waals surface area contributed by atoms with Crippen LogP contribution in [0.5, 0.6) is 0 Å². The van der Waals surface area contributed by atoms with E-state index in [2.05, 4.69) is 0 Å². The molecule has 130 valence electrons. The van der Waals surface area contributed by atoms with Crippen molar-refractivity contribution in [3.63, 3.8) is 0 Å². The third-order valence-electron chi connectivity index (χ3n) is 3.19. The minimum absolute atomic E-state index is 0.146. The minimum atomic E-state index is -3.86. The van der Waals surface area contributed by atoms with E-state index in [9.17, 15) is 14.9 Å². The topological polar surface area (TPSA) is 97.0 Å². The minimum Gasteiger partial charge on any atom is -0.356 e. The maximum Gasteiger partial charge on any atom is 0.332 e. The van der Waals surface area contributed by atoms with E-state index in [4.69, 9.17) is 27.7 Å². The maximum atomic E-state index is 13.5. The summed E-state index contributed by atoms with van der Waals surface area (Å²) in [7, 11) is 0. The van der Waals surface area contributed by atoms with Crippen molar-refractivity contribution in [2.75, 3.05) is 17.9 Å². The first kappa shape index (κ1) is 6.15. The monoisotopic (exact) mass is 355 g/mol. The van der Waals surface area contributed by atoms with Gasteiger partial charge in [-0.05, 0) is 24.4 Å². The van der Waals surface area contributed by atoms with Crippen LogP contribution in [0, 0.1) is 11.3 Å². The summed E-state index contributed by atoms with van der Waals surface area (Å²) in [5, 5.41) is 9.60. The number of benzene rings is 1. The van der Waals surface area contributed by atoms with Crippen molar-refractivity contribution in [3.05, 3.63) is 62.2 Å². The van der Waals surface area contributed by atoms with Crippen LogP contribution in [0.1, 0.15) is 45.8 Å². The lowest BCUT2D eigenvalue weighted by Crippen LogP contribution is -2.47. The van der Waals surface area contributed by atoms with Crippen LogP contribution < -0.4 is 21.9 Å². The molecule has 0 radical (unpaired) electrons. The van der Waals surface area contributed by atoms with Gasteiger partial charge in [0.25, 0.3) is 5.56 Å². The van der Waals surface area contributed by atoms with Gasteiger partial charge in [0.2, 0.25) is 0 Å². The van der Waals surface area contributed by atoms with Crippen LogP contribution in [-0.2, 0) is 13.5 Å². The lowest BCUT2D eigenvalue weighted by atomic mass is 10.1. The van der Waals surface area contributed by atoms with Crippen molar-refractivity contribution in [1.82, 2.24) is 9.13 Å². The molecule has 1 aromatic heterocycles. The molecule has 1 atom stereocenters. The van der Waals surface area contributed by atoms with Crippen molar-refractivity contribution in [2.24, 2.45) is 12.7 Å². The van der Waals surface area contributed by atoms with E-state index in [0.29, 0.717) is 0 Å². The Labute approximate surface area is 168 Å². The van der Waals surface area contributed by atoms with Crippen LogP contribution in [0.3, 0.4) is 0 Å². The first-order valence-electron chi connectivity index (χ1n) is 14.7. The highest BCUT2D eigenvalue weighted by molar-refractivity contribution is 5.42. The molecule has 3 rings (SSSR count). The first-order chi connectivity index (χ1) is 18.2. The molecule has 0 aliphatic carbocycles. The Kier molecular flexibility index (Phi) is 1.71. The summed E-state index contributed by atoms with van der Waals surface area (Å²) in [4.78, 5) is 26.1. The van der Waals surface area contributed by atoms with Gasteiger partial charge in [0.05, 0.1) is 26.4 Å². The molecular weight excluding hydrogens is 318 g/mol. The second-order valence-electron chi connectivity index (χ2n) is 4.73. The molecule has 0 spiro atoms. The van der Waals surface area contributed by atoms with Gasteiger partial charge in [-0.1, -0.05) is 18.1 Å². The number of nitrogens with two attached hydrogens (primary N) is 1. The smallest absolute Gasteiger partial charge is 0.332 e. The zero-order chi connectivity index (χ0) is 32.0. The number of piperidine rings is 1. The number of hydrogen-bond acceptors (Lipinski definition) is 5. The van der Waals surface area contributed by atoms with Crippen molar-refractivity contribution >= 4 is 5.82 Å². The molecule has 1 aliphatic heterocycles. The van der Waals surface area contributed by atoms with Crippen molar-refractivity contribution in [1.29, 1.82) is 5.26 Å². The summed E-state index contributed by atoms with van der Waals surface area (Å²) in [6.07, 6.45) is -7.59. The van der Waals surface area contributed by atoms with E-state index < -0.39 is 97.6 Å². The molecule has 2 heterocycles. The van der Waals surface area contributed by atoms with Gasteiger partial charge in [-0.15, -0.1) is 0 Å². The summed E-state index contributed by atoms with van der Waals surface area (Å²) in [6.45, 7) is -12.3. The Bertz CT molecular complexity index is 1570. The number of aromatic nitrogens is 2. The van der Waals surface area contributed by atoms with E-state index in [1.807, 2.05) is 0 Å². The fraction of sp³-hybridized carbons (Fsp3) is 0.389. The van der Waals surface area contributed by atoms with Gasteiger partial charge in [0.15, 0.2) is 0 Å². The van der Waals surface area contributed by atoms with Crippen LogP contribution in [0.4, 0.5) is 5.82 Å². The Morgan fingerprint density at radius 1 is 1.52 bits per heavy atom.